The monoisotopic (exact) mass is 490 g/mol. The predicted molar refractivity (Wildman–Crippen MR) is 125 cm³/mol. The van der Waals surface area contributed by atoms with E-state index in [-0.39, 0.29) is 36.9 Å². The first-order valence-corrected chi connectivity index (χ1v) is 12.5. The van der Waals surface area contributed by atoms with E-state index < -0.39 is 20.5 Å². The van der Waals surface area contributed by atoms with Crippen molar-refractivity contribution >= 4 is 21.7 Å². The van der Waals surface area contributed by atoms with E-state index in [0.29, 0.717) is 30.9 Å². The number of hydrogen-bond donors (Lipinski definition) is 3. The maximum atomic E-state index is 13.2. The van der Waals surface area contributed by atoms with E-state index in [4.69, 9.17) is 14.7 Å². The SMILES string of the molecule is Cc1ccc(C(=O)NCCCOc2ccc(S(=O)(=O)C3(C(=O)NO)CCOCC3)cc2)cc1C. The zero-order chi connectivity index (χ0) is 24.8. The number of hydrogen-bond acceptors (Lipinski definition) is 7. The van der Waals surface area contributed by atoms with Crippen molar-refractivity contribution in [2.45, 2.75) is 42.8 Å². The quantitative estimate of drug-likeness (QED) is 0.279. The predicted octanol–water partition coefficient (Wildman–Crippen LogP) is 2.33. The Morgan fingerprint density at radius 3 is 2.35 bits per heavy atom. The number of amides is 2. The third kappa shape index (κ3) is 5.40. The maximum absolute atomic E-state index is 13.2. The summed E-state index contributed by atoms with van der Waals surface area (Å²) < 4.78 is 35.5. The Kier molecular flexibility index (Phi) is 8.29. The van der Waals surface area contributed by atoms with Gasteiger partial charge in [0.25, 0.3) is 11.8 Å². The molecule has 10 heteroatoms. The largest absolute Gasteiger partial charge is 0.494 e. The number of aryl methyl sites for hydroxylation is 2. The van der Waals surface area contributed by atoms with E-state index in [9.17, 15) is 18.0 Å². The Balaban J connectivity index is 1.54. The van der Waals surface area contributed by atoms with Crippen molar-refractivity contribution < 1.29 is 32.7 Å². The van der Waals surface area contributed by atoms with Crippen LogP contribution in [0.5, 0.6) is 5.75 Å². The summed E-state index contributed by atoms with van der Waals surface area (Å²) in [6.45, 7) is 4.92. The molecular weight excluding hydrogens is 460 g/mol. The zero-order valence-electron chi connectivity index (χ0n) is 19.3. The highest BCUT2D eigenvalue weighted by molar-refractivity contribution is 7.93. The number of benzene rings is 2. The van der Waals surface area contributed by atoms with Crippen LogP contribution >= 0.6 is 0 Å². The van der Waals surface area contributed by atoms with Crippen molar-refractivity contribution in [1.29, 1.82) is 0 Å². The van der Waals surface area contributed by atoms with Gasteiger partial charge < -0.3 is 14.8 Å². The number of carbonyl (C=O) groups is 2. The second-order valence-corrected chi connectivity index (χ2v) is 10.5. The van der Waals surface area contributed by atoms with Crippen LogP contribution in [0.1, 0.15) is 40.7 Å². The molecule has 0 radical (unpaired) electrons. The average Bonchev–Trinajstić information content (AvgIpc) is 2.85. The second kappa shape index (κ2) is 11.0. The molecule has 9 nitrogen and oxygen atoms in total. The fourth-order valence-corrected chi connectivity index (χ4v) is 5.75. The van der Waals surface area contributed by atoms with Crippen LogP contribution in [0.15, 0.2) is 47.4 Å². The van der Waals surface area contributed by atoms with Gasteiger partial charge in [-0.2, -0.15) is 0 Å². The maximum Gasteiger partial charge on any atom is 0.265 e. The number of rotatable bonds is 9. The molecule has 0 bridgehead atoms. The molecule has 1 aliphatic heterocycles. The fourth-order valence-electron chi connectivity index (χ4n) is 3.81. The molecule has 0 aromatic heterocycles. The van der Waals surface area contributed by atoms with Gasteiger partial charge in [0, 0.05) is 25.3 Å². The summed E-state index contributed by atoms with van der Waals surface area (Å²) in [6, 6.07) is 11.4. The van der Waals surface area contributed by atoms with Gasteiger partial charge in [-0.25, -0.2) is 13.9 Å². The standard InChI is InChI=1S/C24H30N2O7S/c1-17-4-5-19(16-18(17)2)22(27)25-12-3-13-33-20-6-8-21(9-7-20)34(30,31)24(23(28)26-29)10-14-32-15-11-24/h4-9,16,29H,3,10-15H2,1-2H3,(H,25,27)(H,26,28). The van der Waals surface area contributed by atoms with Crippen molar-refractivity contribution in [3.8, 4) is 5.75 Å². The first kappa shape index (κ1) is 25.7. The minimum absolute atomic E-state index is 0.0361. The molecule has 1 fully saturated rings. The van der Waals surface area contributed by atoms with Crippen LogP contribution < -0.4 is 15.5 Å². The molecule has 0 saturated carbocycles. The van der Waals surface area contributed by atoms with Gasteiger partial charge in [-0.1, -0.05) is 6.07 Å². The first-order valence-electron chi connectivity index (χ1n) is 11.1. The highest BCUT2D eigenvalue weighted by atomic mass is 32.2. The molecule has 3 N–H and O–H groups in total. The fraction of sp³-hybridized carbons (Fsp3) is 0.417. The van der Waals surface area contributed by atoms with Crippen LogP contribution in [0.2, 0.25) is 0 Å². The Bertz CT molecular complexity index is 1120. The van der Waals surface area contributed by atoms with E-state index in [2.05, 4.69) is 5.32 Å². The number of hydroxylamine groups is 1. The van der Waals surface area contributed by atoms with Gasteiger partial charge in [-0.3, -0.25) is 14.8 Å². The lowest BCUT2D eigenvalue weighted by Gasteiger charge is -2.34. The minimum atomic E-state index is -4.08. The van der Waals surface area contributed by atoms with Gasteiger partial charge in [-0.05, 0) is 80.6 Å². The normalized spacial score (nSPS) is 15.4. The van der Waals surface area contributed by atoms with Crippen LogP contribution in [0, 0.1) is 13.8 Å². The lowest BCUT2D eigenvalue weighted by Crippen LogP contribution is -2.54. The van der Waals surface area contributed by atoms with E-state index in [1.165, 1.54) is 29.7 Å². The Labute approximate surface area is 199 Å². The number of nitrogens with one attached hydrogen (secondary N) is 2. The molecule has 1 aliphatic rings. The molecule has 34 heavy (non-hydrogen) atoms. The van der Waals surface area contributed by atoms with Crippen molar-refractivity contribution in [3.63, 3.8) is 0 Å². The summed E-state index contributed by atoms with van der Waals surface area (Å²) in [5.74, 6) is -0.641. The molecule has 2 amide bonds. The topological polar surface area (TPSA) is 131 Å². The zero-order valence-corrected chi connectivity index (χ0v) is 20.1. The summed E-state index contributed by atoms with van der Waals surface area (Å²) in [7, 11) is -4.08. The van der Waals surface area contributed by atoms with Crippen LogP contribution in [-0.4, -0.2) is 56.6 Å². The lowest BCUT2D eigenvalue weighted by atomic mass is 9.98. The number of ether oxygens (including phenoxy) is 2. The highest BCUT2D eigenvalue weighted by Crippen LogP contribution is 2.35. The molecule has 1 heterocycles. The van der Waals surface area contributed by atoms with Crippen molar-refractivity contribution in [2.24, 2.45) is 0 Å². The van der Waals surface area contributed by atoms with Gasteiger partial charge in [0.2, 0.25) is 0 Å². The Hall–Kier alpha value is -2.95. The van der Waals surface area contributed by atoms with Gasteiger partial charge in [0.1, 0.15) is 5.75 Å². The van der Waals surface area contributed by atoms with Gasteiger partial charge in [0.15, 0.2) is 14.6 Å². The van der Waals surface area contributed by atoms with E-state index >= 15 is 0 Å². The molecule has 0 aliphatic carbocycles. The molecule has 3 rings (SSSR count). The third-order valence-corrected chi connectivity index (χ3v) is 8.62. The van der Waals surface area contributed by atoms with Gasteiger partial charge in [-0.15, -0.1) is 0 Å². The molecule has 0 atom stereocenters. The molecule has 2 aromatic rings. The molecular formula is C24H30N2O7S. The second-order valence-electron chi connectivity index (χ2n) is 8.28. The van der Waals surface area contributed by atoms with Gasteiger partial charge >= 0.3 is 0 Å². The molecule has 0 unspecified atom stereocenters. The van der Waals surface area contributed by atoms with Gasteiger partial charge in [0.05, 0.1) is 11.5 Å². The van der Waals surface area contributed by atoms with E-state index in [0.717, 1.165) is 11.1 Å². The summed E-state index contributed by atoms with van der Waals surface area (Å²) in [6.07, 6.45) is 0.470. The summed E-state index contributed by atoms with van der Waals surface area (Å²) in [5, 5.41) is 12.0. The number of sulfone groups is 1. The average molecular weight is 491 g/mol. The van der Waals surface area contributed by atoms with Crippen LogP contribution in [0.4, 0.5) is 0 Å². The number of carbonyl (C=O) groups excluding carboxylic acids is 2. The summed E-state index contributed by atoms with van der Waals surface area (Å²) in [5.41, 5.74) is 4.29. The Morgan fingerprint density at radius 2 is 1.74 bits per heavy atom. The minimum Gasteiger partial charge on any atom is -0.494 e. The third-order valence-electron chi connectivity index (χ3n) is 6.11. The Morgan fingerprint density at radius 1 is 1.06 bits per heavy atom. The van der Waals surface area contributed by atoms with Crippen molar-refractivity contribution in [3.05, 3.63) is 59.2 Å². The molecule has 184 valence electrons. The smallest absolute Gasteiger partial charge is 0.265 e. The summed E-state index contributed by atoms with van der Waals surface area (Å²) >= 11 is 0. The van der Waals surface area contributed by atoms with E-state index in [1.54, 1.807) is 6.07 Å². The molecule has 0 spiro atoms. The van der Waals surface area contributed by atoms with Crippen molar-refractivity contribution in [1.82, 2.24) is 10.8 Å². The van der Waals surface area contributed by atoms with Crippen LogP contribution in [0.3, 0.4) is 0 Å². The highest BCUT2D eigenvalue weighted by Gasteiger charge is 2.52. The molecule has 2 aromatic carbocycles. The lowest BCUT2D eigenvalue weighted by molar-refractivity contribution is -0.134. The van der Waals surface area contributed by atoms with Crippen molar-refractivity contribution in [2.75, 3.05) is 26.4 Å². The summed E-state index contributed by atoms with van der Waals surface area (Å²) in [4.78, 5) is 24.5. The first-order chi connectivity index (χ1) is 16.2. The van der Waals surface area contributed by atoms with Crippen LogP contribution in [-0.2, 0) is 19.4 Å². The molecule has 1 saturated heterocycles. The van der Waals surface area contributed by atoms with Crippen LogP contribution in [0.25, 0.3) is 0 Å². The van der Waals surface area contributed by atoms with E-state index in [1.807, 2.05) is 26.0 Å².